The first-order valence-corrected chi connectivity index (χ1v) is 4.02. The molecule has 66 valence electrons. The summed E-state index contributed by atoms with van der Waals surface area (Å²) in [6, 6.07) is 0. The highest BCUT2D eigenvalue weighted by molar-refractivity contribution is 6.30. The van der Waals surface area contributed by atoms with Crippen molar-refractivity contribution < 1.29 is 4.74 Å². The van der Waals surface area contributed by atoms with Gasteiger partial charge in [0.25, 0.3) is 5.88 Å². The van der Waals surface area contributed by atoms with Crippen molar-refractivity contribution in [1.29, 1.82) is 0 Å². The predicted octanol–water partition coefficient (Wildman–Crippen LogP) is 2.31. The zero-order valence-electron chi connectivity index (χ0n) is 7.34. The Morgan fingerprint density at radius 1 is 1.25 bits per heavy atom. The van der Waals surface area contributed by atoms with Crippen LogP contribution in [-0.2, 0) is 0 Å². The molecule has 0 aromatic carbocycles. The molecule has 1 aromatic rings. The molecule has 0 unspecified atom stereocenters. The van der Waals surface area contributed by atoms with Crippen LogP contribution in [0, 0.1) is 0 Å². The predicted molar refractivity (Wildman–Crippen MR) is 47.4 cm³/mol. The molecule has 0 aliphatic heterocycles. The summed E-state index contributed by atoms with van der Waals surface area (Å²) in [5, 5.41) is 0.299. The molecule has 0 saturated heterocycles. The van der Waals surface area contributed by atoms with Gasteiger partial charge in [0.15, 0.2) is 5.15 Å². The van der Waals surface area contributed by atoms with Crippen molar-refractivity contribution in [3.05, 3.63) is 17.5 Å². The van der Waals surface area contributed by atoms with Gasteiger partial charge in [-0.05, 0) is 20.8 Å². The lowest BCUT2D eigenvalue weighted by Gasteiger charge is -2.20. The van der Waals surface area contributed by atoms with Gasteiger partial charge >= 0.3 is 0 Å². The van der Waals surface area contributed by atoms with Gasteiger partial charge in [-0.3, -0.25) is 0 Å². The molecule has 1 aromatic heterocycles. The van der Waals surface area contributed by atoms with E-state index in [2.05, 4.69) is 9.97 Å². The zero-order chi connectivity index (χ0) is 9.19. The molecule has 0 spiro atoms. The Morgan fingerprint density at radius 3 is 2.33 bits per heavy atom. The van der Waals surface area contributed by atoms with E-state index in [4.69, 9.17) is 16.3 Å². The molecule has 0 N–H and O–H groups in total. The molecule has 0 aliphatic carbocycles. The van der Waals surface area contributed by atoms with Gasteiger partial charge in [-0.25, -0.2) is 9.97 Å². The maximum Gasteiger partial charge on any atom is 0.252 e. The number of hydrogen-bond donors (Lipinski definition) is 0. The van der Waals surface area contributed by atoms with E-state index in [-0.39, 0.29) is 5.60 Å². The molecule has 0 amide bonds. The summed E-state index contributed by atoms with van der Waals surface area (Å²) in [6.07, 6.45) is 3.07. The van der Waals surface area contributed by atoms with Crippen LogP contribution < -0.4 is 4.74 Å². The lowest BCUT2D eigenvalue weighted by atomic mass is 10.2. The molecular formula is C8H11ClN2O. The number of rotatable bonds is 1. The first-order chi connectivity index (χ1) is 5.49. The fourth-order valence-electron chi connectivity index (χ4n) is 0.667. The van der Waals surface area contributed by atoms with Crippen molar-refractivity contribution >= 4 is 11.6 Å². The number of hydrogen-bond acceptors (Lipinski definition) is 3. The van der Waals surface area contributed by atoms with Crippen molar-refractivity contribution in [2.45, 2.75) is 26.4 Å². The smallest absolute Gasteiger partial charge is 0.252 e. The van der Waals surface area contributed by atoms with Crippen molar-refractivity contribution in [1.82, 2.24) is 9.97 Å². The third kappa shape index (κ3) is 2.66. The fourth-order valence-corrected chi connectivity index (χ4v) is 0.810. The summed E-state index contributed by atoms with van der Waals surface area (Å²) in [6.45, 7) is 5.79. The van der Waals surface area contributed by atoms with Crippen LogP contribution in [0.1, 0.15) is 20.8 Å². The minimum absolute atomic E-state index is 0.292. The van der Waals surface area contributed by atoms with Crippen LogP contribution in [0.3, 0.4) is 0 Å². The van der Waals surface area contributed by atoms with Gasteiger partial charge in [-0.1, -0.05) is 11.6 Å². The standard InChI is InChI=1S/C8H11ClN2O/c1-8(2,3)12-7-6(9)10-4-5-11-7/h4-5H,1-3H3. The van der Waals surface area contributed by atoms with Crippen LogP contribution in [0.2, 0.25) is 5.15 Å². The van der Waals surface area contributed by atoms with Crippen LogP contribution in [0.5, 0.6) is 5.88 Å². The van der Waals surface area contributed by atoms with E-state index in [9.17, 15) is 0 Å². The molecule has 4 heteroatoms. The summed E-state index contributed by atoms with van der Waals surface area (Å²) in [5.74, 6) is 0.381. The van der Waals surface area contributed by atoms with Crippen LogP contribution in [-0.4, -0.2) is 15.6 Å². The Bertz CT molecular complexity index is 270. The van der Waals surface area contributed by atoms with Crippen molar-refractivity contribution in [2.24, 2.45) is 0 Å². The summed E-state index contributed by atoms with van der Waals surface area (Å²) in [5.41, 5.74) is -0.292. The van der Waals surface area contributed by atoms with Gasteiger partial charge in [0.1, 0.15) is 5.60 Å². The summed E-state index contributed by atoms with van der Waals surface area (Å²) in [4.78, 5) is 7.79. The quantitative estimate of drug-likeness (QED) is 0.675. The lowest BCUT2D eigenvalue weighted by Crippen LogP contribution is -2.23. The molecule has 1 rings (SSSR count). The number of halogens is 1. The molecule has 0 radical (unpaired) electrons. The molecule has 0 aliphatic rings. The maximum atomic E-state index is 5.73. The Labute approximate surface area is 76.7 Å². The first-order valence-electron chi connectivity index (χ1n) is 3.64. The number of ether oxygens (including phenoxy) is 1. The molecule has 0 atom stereocenters. The van der Waals surface area contributed by atoms with Gasteiger partial charge < -0.3 is 4.74 Å². The third-order valence-corrected chi connectivity index (χ3v) is 1.28. The second-order valence-corrected chi connectivity index (χ2v) is 3.72. The highest BCUT2D eigenvalue weighted by atomic mass is 35.5. The molecule has 0 fully saturated rings. The van der Waals surface area contributed by atoms with Crippen LogP contribution in [0.15, 0.2) is 12.4 Å². The minimum Gasteiger partial charge on any atom is -0.470 e. The highest BCUT2D eigenvalue weighted by Gasteiger charge is 2.14. The SMILES string of the molecule is CC(C)(C)Oc1nccnc1Cl. The van der Waals surface area contributed by atoms with E-state index in [0.29, 0.717) is 11.0 Å². The zero-order valence-corrected chi connectivity index (χ0v) is 8.09. The Hall–Kier alpha value is -0.830. The highest BCUT2D eigenvalue weighted by Crippen LogP contribution is 2.21. The largest absolute Gasteiger partial charge is 0.470 e. The van der Waals surface area contributed by atoms with Crippen molar-refractivity contribution in [3.8, 4) is 5.88 Å². The Kier molecular flexibility index (Phi) is 2.52. The van der Waals surface area contributed by atoms with E-state index in [1.807, 2.05) is 20.8 Å². The van der Waals surface area contributed by atoms with E-state index >= 15 is 0 Å². The minimum atomic E-state index is -0.292. The maximum absolute atomic E-state index is 5.73. The Balaban J connectivity index is 2.83. The molecule has 12 heavy (non-hydrogen) atoms. The Morgan fingerprint density at radius 2 is 1.83 bits per heavy atom. The van der Waals surface area contributed by atoms with Gasteiger partial charge in [0.05, 0.1) is 0 Å². The second kappa shape index (κ2) is 3.27. The topological polar surface area (TPSA) is 35.0 Å². The lowest BCUT2D eigenvalue weighted by molar-refractivity contribution is 0.123. The van der Waals surface area contributed by atoms with Gasteiger partial charge in [-0.15, -0.1) is 0 Å². The molecular weight excluding hydrogens is 176 g/mol. The van der Waals surface area contributed by atoms with Crippen LogP contribution >= 0.6 is 11.6 Å². The molecule has 1 heterocycles. The number of nitrogens with zero attached hydrogens (tertiary/aromatic N) is 2. The van der Waals surface area contributed by atoms with E-state index < -0.39 is 0 Å². The van der Waals surface area contributed by atoms with Gasteiger partial charge in [-0.2, -0.15) is 0 Å². The van der Waals surface area contributed by atoms with Crippen LogP contribution in [0.25, 0.3) is 0 Å². The molecule has 3 nitrogen and oxygen atoms in total. The van der Waals surface area contributed by atoms with E-state index in [1.54, 1.807) is 6.20 Å². The fraction of sp³-hybridized carbons (Fsp3) is 0.500. The van der Waals surface area contributed by atoms with Crippen molar-refractivity contribution in [3.63, 3.8) is 0 Å². The van der Waals surface area contributed by atoms with E-state index in [1.165, 1.54) is 6.20 Å². The third-order valence-electron chi connectivity index (χ3n) is 1.03. The summed E-state index contributed by atoms with van der Waals surface area (Å²) < 4.78 is 5.43. The number of aromatic nitrogens is 2. The molecule has 0 bridgehead atoms. The normalized spacial score (nSPS) is 11.3. The van der Waals surface area contributed by atoms with E-state index in [0.717, 1.165) is 0 Å². The van der Waals surface area contributed by atoms with Gasteiger partial charge in [0.2, 0.25) is 0 Å². The average Bonchev–Trinajstić information content (AvgIpc) is 1.91. The first kappa shape index (κ1) is 9.26. The molecule has 0 saturated carbocycles. The average molecular weight is 187 g/mol. The summed E-state index contributed by atoms with van der Waals surface area (Å²) >= 11 is 5.73. The van der Waals surface area contributed by atoms with Crippen molar-refractivity contribution in [2.75, 3.05) is 0 Å². The summed E-state index contributed by atoms with van der Waals surface area (Å²) in [7, 11) is 0. The van der Waals surface area contributed by atoms with Crippen LogP contribution in [0.4, 0.5) is 0 Å². The van der Waals surface area contributed by atoms with Gasteiger partial charge in [0, 0.05) is 12.4 Å². The second-order valence-electron chi connectivity index (χ2n) is 3.37. The monoisotopic (exact) mass is 186 g/mol.